The lowest BCUT2D eigenvalue weighted by Crippen LogP contribution is -2.23. The van der Waals surface area contributed by atoms with Crippen molar-refractivity contribution >= 4 is 28.5 Å². The zero-order valence-electron chi connectivity index (χ0n) is 11.2. The number of carboxylic acid groups (broad SMARTS) is 1. The number of aliphatic hydroxyl groups is 2. The van der Waals surface area contributed by atoms with Gasteiger partial charge in [-0.2, -0.15) is 0 Å². The van der Waals surface area contributed by atoms with Crippen molar-refractivity contribution in [3.63, 3.8) is 0 Å². The number of thioether (sulfide) groups is 1. The Morgan fingerprint density at radius 2 is 1.95 bits per heavy atom. The minimum absolute atomic E-state index is 0.00624. The summed E-state index contributed by atoms with van der Waals surface area (Å²) in [5, 5.41) is 28.8. The number of nitrogen functional groups attached to an aromatic ring is 1. The highest BCUT2D eigenvalue weighted by Crippen LogP contribution is 2.29. The molecule has 0 aliphatic carbocycles. The van der Waals surface area contributed by atoms with Crippen LogP contribution < -0.4 is 5.73 Å². The zero-order chi connectivity index (χ0) is 15.4. The Hall–Kier alpha value is -1.57. The van der Waals surface area contributed by atoms with Crippen LogP contribution in [-0.4, -0.2) is 38.3 Å². The van der Waals surface area contributed by atoms with Gasteiger partial charge in [0.25, 0.3) is 0 Å². The number of carboxylic acids is 1. The molecule has 0 heterocycles. The van der Waals surface area contributed by atoms with E-state index in [1.54, 1.807) is 6.92 Å². The average molecular weight is 299 g/mol. The van der Waals surface area contributed by atoms with Crippen LogP contribution in [0.4, 0.5) is 5.69 Å². The molecule has 0 saturated carbocycles. The summed E-state index contributed by atoms with van der Waals surface area (Å²) in [5.74, 6) is -1.20. The first-order valence-electron chi connectivity index (χ1n) is 5.86. The van der Waals surface area contributed by atoms with Crippen molar-refractivity contribution < 1.29 is 24.9 Å². The quantitative estimate of drug-likeness (QED) is 0.597. The molecule has 2 unspecified atom stereocenters. The first-order chi connectivity index (χ1) is 9.23. The van der Waals surface area contributed by atoms with E-state index in [4.69, 9.17) is 10.8 Å². The van der Waals surface area contributed by atoms with Crippen LogP contribution in [0.25, 0.3) is 0 Å². The van der Waals surface area contributed by atoms with E-state index in [9.17, 15) is 19.8 Å². The number of aliphatic hydroxyl groups excluding tert-OH is 2. The number of carbonyl (C=O) groups excluding carboxylic acids is 1. The maximum Gasteiger partial charge on any atom is 0.337 e. The minimum atomic E-state index is -1.35. The van der Waals surface area contributed by atoms with Crippen LogP contribution in [-0.2, 0) is 4.79 Å². The molecule has 0 fully saturated rings. The van der Waals surface area contributed by atoms with E-state index in [2.05, 4.69) is 0 Å². The van der Waals surface area contributed by atoms with Gasteiger partial charge in [-0.05, 0) is 18.6 Å². The normalized spacial score (nSPS) is 13.8. The minimum Gasteiger partial charge on any atom is -0.478 e. The van der Waals surface area contributed by atoms with Crippen LogP contribution in [0.2, 0.25) is 0 Å². The molecule has 0 radical (unpaired) electrons. The van der Waals surface area contributed by atoms with Gasteiger partial charge in [0.2, 0.25) is 0 Å². The van der Waals surface area contributed by atoms with E-state index in [0.717, 1.165) is 11.8 Å². The van der Waals surface area contributed by atoms with Crippen molar-refractivity contribution in [3.05, 3.63) is 28.8 Å². The third-order valence-corrected chi connectivity index (χ3v) is 3.64. The van der Waals surface area contributed by atoms with Gasteiger partial charge in [-0.3, -0.25) is 4.79 Å². The second-order valence-corrected chi connectivity index (χ2v) is 5.63. The van der Waals surface area contributed by atoms with E-state index in [1.165, 1.54) is 19.1 Å². The predicted octanol–water partition coefficient (Wildman–Crippen LogP) is 0.949. The second-order valence-electron chi connectivity index (χ2n) is 4.44. The van der Waals surface area contributed by atoms with Crippen LogP contribution in [0.3, 0.4) is 0 Å². The van der Waals surface area contributed by atoms with Gasteiger partial charge in [0, 0.05) is 18.2 Å². The smallest absolute Gasteiger partial charge is 0.337 e. The van der Waals surface area contributed by atoms with Crippen LogP contribution in [0, 0.1) is 6.92 Å². The SMILES string of the molecule is CC(=O)SCC(O)C(O)c1cc(C)cc(C(=O)O)c1N. The number of benzene rings is 1. The standard InChI is InChI=1S/C13H17NO5S/c1-6-3-8(11(14)9(4-6)13(18)19)12(17)10(16)5-20-7(2)15/h3-4,10,12,16-17H,5,14H2,1-2H3,(H,18,19). The summed E-state index contributed by atoms with van der Waals surface area (Å²) < 4.78 is 0. The molecule has 6 nitrogen and oxygen atoms in total. The lowest BCUT2D eigenvalue weighted by Gasteiger charge is -2.20. The summed E-state index contributed by atoms with van der Waals surface area (Å²) in [6.07, 6.45) is -2.56. The fourth-order valence-corrected chi connectivity index (χ4v) is 2.34. The Morgan fingerprint density at radius 1 is 1.35 bits per heavy atom. The molecule has 0 saturated heterocycles. The van der Waals surface area contributed by atoms with Gasteiger partial charge in [0.1, 0.15) is 6.10 Å². The van der Waals surface area contributed by atoms with E-state index >= 15 is 0 Å². The molecule has 0 aliphatic rings. The van der Waals surface area contributed by atoms with Crippen molar-refractivity contribution in [2.75, 3.05) is 11.5 Å². The maximum absolute atomic E-state index is 11.1. The van der Waals surface area contributed by atoms with E-state index in [-0.39, 0.29) is 27.7 Å². The Balaban J connectivity index is 3.06. The molecule has 20 heavy (non-hydrogen) atoms. The molecule has 1 rings (SSSR count). The Kier molecular flexibility index (Phi) is 5.55. The third kappa shape index (κ3) is 3.96. The van der Waals surface area contributed by atoms with Gasteiger partial charge in [-0.1, -0.05) is 17.8 Å². The van der Waals surface area contributed by atoms with Gasteiger partial charge in [-0.25, -0.2) is 4.79 Å². The Bertz CT molecular complexity index is 532. The molecule has 1 aromatic rings. The number of nitrogens with two attached hydrogens (primary N) is 1. The molecule has 110 valence electrons. The summed E-state index contributed by atoms with van der Waals surface area (Å²) in [6.45, 7) is 3.02. The molecule has 0 aliphatic heterocycles. The van der Waals surface area contributed by atoms with Gasteiger partial charge in [0.05, 0.1) is 17.4 Å². The summed E-state index contributed by atoms with van der Waals surface area (Å²) in [6, 6.07) is 2.92. The Labute approximate surface area is 120 Å². The summed E-state index contributed by atoms with van der Waals surface area (Å²) in [5.41, 5.74) is 6.28. The third-order valence-electron chi connectivity index (χ3n) is 2.73. The molecule has 2 atom stereocenters. The highest BCUT2D eigenvalue weighted by atomic mass is 32.2. The van der Waals surface area contributed by atoms with Crippen molar-refractivity contribution in [1.29, 1.82) is 0 Å². The lowest BCUT2D eigenvalue weighted by atomic mass is 9.97. The number of rotatable bonds is 5. The van der Waals surface area contributed by atoms with E-state index in [1.807, 2.05) is 0 Å². The first kappa shape index (κ1) is 16.5. The van der Waals surface area contributed by atoms with Gasteiger partial charge >= 0.3 is 5.97 Å². The first-order valence-corrected chi connectivity index (χ1v) is 6.85. The summed E-state index contributed by atoms with van der Waals surface area (Å²) in [7, 11) is 0. The maximum atomic E-state index is 11.1. The number of hydrogen-bond donors (Lipinski definition) is 4. The van der Waals surface area contributed by atoms with E-state index in [0.29, 0.717) is 5.56 Å². The number of hydrogen-bond acceptors (Lipinski definition) is 6. The van der Waals surface area contributed by atoms with E-state index < -0.39 is 18.2 Å². The molecular formula is C13H17NO5S. The van der Waals surface area contributed by atoms with Gasteiger partial charge in [-0.15, -0.1) is 0 Å². The molecule has 1 aromatic carbocycles. The molecule has 0 bridgehead atoms. The number of carbonyl (C=O) groups is 2. The summed E-state index contributed by atoms with van der Waals surface area (Å²) in [4.78, 5) is 21.9. The van der Waals surface area contributed by atoms with Crippen molar-refractivity contribution in [3.8, 4) is 0 Å². The van der Waals surface area contributed by atoms with Gasteiger partial charge in [0.15, 0.2) is 5.12 Å². The molecule has 0 amide bonds. The molecule has 0 spiro atoms. The fourth-order valence-electron chi connectivity index (χ4n) is 1.75. The topological polar surface area (TPSA) is 121 Å². The number of aromatic carboxylic acids is 1. The largest absolute Gasteiger partial charge is 0.478 e. The number of aryl methyl sites for hydroxylation is 1. The van der Waals surface area contributed by atoms with Crippen molar-refractivity contribution in [2.45, 2.75) is 26.1 Å². The van der Waals surface area contributed by atoms with Crippen LogP contribution >= 0.6 is 11.8 Å². The van der Waals surface area contributed by atoms with Crippen molar-refractivity contribution in [1.82, 2.24) is 0 Å². The average Bonchev–Trinajstić information content (AvgIpc) is 2.36. The summed E-state index contributed by atoms with van der Waals surface area (Å²) >= 11 is 0.877. The lowest BCUT2D eigenvalue weighted by molar-refractivity contribution is -0.109. The number of anilines is 1. The fraction of sp³-hybridized carbons (Fsp3) is 0.385. The van der Waals surface area contributed by atoms with Gasteiger partial charge < -0.3 is 21.1 Å². The van der Waals surface area contributed by atoms with Crippen molar-refractivity contribution in [2.24, 2.45) is 0 Å². The van der Waals surface area contributed by atoms with Crippen LogP contribution in [0.15, 0.2) is 12.1 Å². The Morgan fingerprint density at radius 3 is 2.45 bits per heavy atom. The molecule has 0 aromatic heterocycles. The zero-order valence-corrected chi connectivity index (χ0v) is 12.0. The highest BCUT2D eigenvalue weighted by Gasteiger charge is 2.24. The van der Waals surface area contributed by atoms with Crippen LogP contribution in [0.1, 0.15) is 34.5 Å². The molecule has 7 heteroatoms. The molecular weight excluding hydrogens is 282 g/mol. The predicted molar refractivity (Wildman–Crippen MR) is 76.7 cm³/mol. The molecule has 5 N–H and O–H groups in total. The monoisotopic (exact) mass is 299 g/mol. The highest BCUT2D eigenvalue weighted by molar-refractivity contribution is 8.13. The second kappa shape index (κ2) is 6.74. The van der Waals surface area contributed by atoms with Crippen LogP contribution in [0.5, 0.6) is 0 Å².